The van der Waals surface area contributed by atoms with Gasteiger partial charge in [-0.15, -0.1) is 5.10 Å². The average Bonchev–Trinajstić information content (AvgIpc) is 3.45. The number of anilines is 1. The molecule has 0 saturated heterocycles. The van der Waals surface area contributed by atoms with Crippen LogP contribution in [0, 0.1) is 0 Å². The Kier molecular flexibility index (Phi) is 4.93. The molecule has 0 atom stereocenters. The highest BCUT2D eigenvalue weighted by molar-refractivity contribution is 6.31. The van der Waals surface area contributed by atoms with Crippen molar-refractivity contribution < 1.29 is 4.79 Å². The molecule has 3 aromatic carbocycles. The number of nitrogens with zero attached hydrogens (tertiary/aromatic N) is 4. The van der Waals surface area contributed by atoms with Crippen molar-refractivity contribution in [2.75, 3.05) is 5.32 Å². The number of carbonyl (C=O) groups excluding carboxylic acids is 1. The van der Waals surface area contributed by atoms with Gasteiger partial charge in [-0.3, -0.25) is 4.79 Å². The van der Waals surface area contributed by atoms with Gasteiger partial charge in [0.15, 0.2) is 5.82 Å². The van der Waals surface area contributed by atoms with Crippen LogP contribution in [0.25, 0.3) is 22.3 Å². The van der Waals surface area contributed by atoms with Gasteiger partial charge in [0.25, 0.3) is 5.91 Å². The number of nitrogens with one attached hydrogen (secondary N) is 2. The number of tetrazole rings is 1. The molecule has 0 radical (unpaired) electrons. The van der Waals surface area contributed by atoms with Gasteiger partial charge < -0.3 is 9.88 Å². The first-order valence-electron chi connectivity index (χ1n) is 9.66. The normalized spacial score (nSPS) is 11.0. The van der Waals surface area contributed by atoms with Gasteiger partial charge in [-0.1, -0.05) is 60.1 Å². The molecule has 0 aliphatic carbocycles. The maximum absolute atomic E-state index is 13.4. The van der Waals surface area contributed by atoms with Crippen molar-refractivity contribution >= 4 is 34.1 Å². The second-order valence-corrected chi connectivity index (χ2v) is 7.49. The summed E-state index contributed by atoms with van der Waals surface area (Å²) in [4.78, 5) is 13.4. The largest absolute Gasteiger partial charge is 0.332 e. The van der Waals surface area contributed by atoms with E-state index in [-0.39, 0.29) is 5.91 Å². The number of amides is 1. The molecule has 31 heavy (non-hydrogen) atoms. The molecule has 2 N–H and O–H groups in total. The number of carbonyl (C=O) groups is 1. The van der Waals surface area contributed by atoms with Gasteiger partial charge in [-0.2, -0.15) is 0 Å². The van der Waals surface area contributed by atoms with E-state index in [2.05, 4.69) is 25.9 Å². The smallest absolute Gasteiger partial charge is 0.272 e. The molecule has 0 bridgehead atoms. The first kappa shape index (κ1) is 19.0. The molecule has 0 aliphatic rings. The summed E-state index contributed by atoms with van der Waals surface area (Å²) in [6.07, 6.45) is 0. The van der Waals surface area contributed by atoms with Crippen LogP contribution >= 0.6 is 11.6 Å². The fraction of sp³-hybridized carbons (Fsp3) is 0.0435. The topological polar surface area (TPSA) is 88.5 Å². The summed E-state index contributed by atoms with van der Waals surface area (Å²) in [5, 5.41) is 18.4. The monoisotopic (exact) mass is 428 g/mol. The molecule has 0 unspecified atom stereocenters. The van der Waals surface area contributed by atoms with Crippen molar-refractivity contribution in [2.24, 2.45) is 0 Å². The van der Waals surface area contributed by atoms with E-state index in [1.807, 2.05) is 65.2 Å². The number of H-pyrrole nitrogens is 1. The molecular formula is C23H17ClN6O. The van der Waals surface area contributed by atoms with E-state index < -0.39 is 0 Å². The zero-order valence-electron chi connectivity index (χ0n) is 16.3. The Balaban J connectivity index is 1.55. The summed E-state index contributed by atoms with van der Waals surface area (Å²) in [7, 11) is 0. The molecule has 0 fully saturated rings. The number of benzene rings is 3. The minimum absolute atomic E-state index is 0.233. The highest BCUT2D eigenvalue weighted by Gasteiger charge is 2.18. The molecule has 5 aromatic rings. The third kappa shape index (κ3) is 3.78. The van der Waals surface area contributed by atoms with Crippen molar-refractivity contribution in [1.29, 1.82) is 0 Å². The maximum atomic E-state index is 13.4. The van der Waals surface area contributed by atoms with Gasteiger partial charge in [0.2, 0.25) is 0 Å². The summed E-state index contributed by atoms with van der Waals surface area (Å²) in [5.41, 5.74) is 3.83. The van der Waals surface area contributed by atoms with Gasteiger partial charge in [-0.05, 0) is 46.3 Å². The van der Waals surface area contributed by atoms with Crippen molar-refractivity contribution in [3.63, 3.8) is 0 Å². The molecule has 152 valence electrons. The molecule has 1 amide bonds. The van der Waals surface area contributed by atoms with Crippen LogP contribution in [0.2, 0.25) is 5.02 Å². The van der Waals surface area contributed by atoms with Crippen LogP contribution in [0.1, 0.15) is 16.1 Å². The Bertz CT molecular complexity index is 1360. The molecule has 0 spiro atoms. The van der Waals surface area contributed by atoms with Gasteiger partial charge >= 0.3 is 0 Å². The van der Waals surface area contributed by atoms with Crippen LogP contribution in [-0.4, -0.2) is 31.1 Å². The zero-order valence-corrected chi connectivity index (χ0v) is 17.0. The third-order valence-electron chi connectivity index (χ3n) is 5.06. The number of rotatable bonds is 5. The molecule has 2 heterocycles. The Hall–Kier alpha value is -3.97. The lowest BCUT2D eigenvalue weighted by Gasteiger charge is -2.13. The van der Waals surface area contributed by atoms with Crippen molar-refractivity contribution in [3.8, 4) is 11.4 Å². The molecular weight excluding hydrogens is 412 g/mol. The Morgan fingerprint density at radius 1 is 1.00 bits per heavy atom. The fourth-order valence-corrected chi connectivity index (χ4v) is 3.79. The summed E-state index contributed by atoms with van der Waals surface area (Å²) < 4.78 is 2.02. The summed E-state index contributed by atoms with van der Waals surface area (Å²) in [6, 6.07) is 25.1. The number of halogens is 1. The van der Waals surface area contributed by atoms with Gasteiger partial charge in [0.1, 0.15) is 5.69 Å². The molecule has 2 aromatic heterocycles. The molecule has 7 nitrogen and oxygen atoms in total. The Labute approximate surface area is 182 Å². The van der Waals surface area contributed by atoms with Crippen molar-refractivity contribution in [2.45, 2.75) is 6.54 Å². The molecule has 0 saturated carbocycles. The lowest BCUT2D eigenvalue weighted by atomic mass is 10.1. The van der Waals surface area contributed by atoms with Gasteiger partial charge in [-0.25, -0.2) is 5.10 Å². The van der Waals surface area contributed by atoms with E-state index >= 15 is 0 Å². The number of hydrogen-bond acceptors (Lipinski definition) is 4. The third-order valence-corrected chi connectivity index (χ3v) is 5.29. The van der Waals surface area contributed by atoms with E-state index in [0.717, 1.165) is 16.5 Å². The number of hydrogen-bond donors (Lipinski definition) is 2. The number of fused-ring (bicyclic) bond motifs is 1. The predicted octanol–water partition coefficient (Wildman–Crippen LogP) is 4.78. The Morgan fingerprint density at radius 3 is 2.61 bits per heavy atom. The van der Waals surface area contributed by atoms with E-state index in [4.69, 9.17) is 11.6 Å². The van der Waals surface area contributed by atoms with Crippen LogP contribution < -0.4 is 5.32 Å². The van der Waals surface area contributed by atoms with Crippen molar-refractivity contribution in [1.82, 2.24) is 25.2 Å². The highest BCUT2D eigenvalue weighted by Crippen LogP contribution is 2.29. The van der Waals surface area contributed by atoms with Gasteiger partial charge in [0.05, 0.1) is 5.69 Å². The van der Waals surface area contributed by atoms with Crippen molar-refractivity contribution in [3.05, 3.63) is 95.1 Å². The van der Waals surface area contributed by atoms with Crippen LogP contribution in [0.15, 0.2) is 78.9 Å². The van der Waals surface area contributed by atoms with Gasteiger partial charge in [0, 0.05) is 28.0 Å². The maximum Gasteiger partial charge on any atom is 0.272 e. The highest BCUT2D eigenvalue weighted by atomic mass is 35.5. The summed E-state index contributed by atoms with van der Waals surface area (Å²) >= 11 is 6.16. The molecule has 8 heteroatoms. The minimum atomic E-state index is -0.233. The minimum Gasteiger partial charge on any atom is -0.332 e. The molecule has 0 aliphatic heterocycles. The first-order valence-corrected chi connectivity index (χ1v) is 10.0. The zero-order chi connectivity index (χ0) is 21.2. The van der Waals surface area contributed by atoms with Crippen LogP contribution in [0.4, 0.5) is 5.69 Å². The average molecular weight is 429 g/mol. The van der Waals surface area contributed by atoms with Crippen LogP contribution in [0.3, 0.4) is 0 Å². The van der Waals surface area contributed by atoms with E-state index in [0.29, 0.717) is 34.3 Å². The predicted molar refractivity (Wildman–Crippen MR) is 120 cm³/mol. The van der Waals surface area contributed by atoms with Crippen LogP contribution in [-0.2, 0) is 6.54 Å². The van der Waals surface area contributed by atoms with E-state index in [9.17, 15) is 4.79 Å². The quantitative estimate of drug-likeness (QED) is 0.422. The number of aromatic amines is 1. The second kappa shape index (κ2) is 8.04. The summed E-state index contributed by atoms with van der Waals surface area (Å²) in [6.45, 7) is 0.580. The standard InChI is InChI=1S/C23H17ClN6O/c24-17-10-11-19(18(13-17)22-26-28-29-27-22)25-23(31)21-12-16-8-4-5-9-20(16)30(21)14-15-6-2-1-3-7-15/h1-13H,14H2,(H,25,31)(H,26,27,28,29). The molecule has 5 rings (SSSR count). The number of aromatic nitrogens is 5. The SMILES string of the molecule is O=C(Nc1ccc(Cl)cc1-c1nnn[nH]1)c1cc2ccccc2n1Cc1ccccc1. The summed E-state index contributed by atoms with van der Waals surface area (Å²) in [5.74, 6) is 0.186. The van der Waals surface area contributed by atoms with E-state index in [1.165, 1.54) is 0 Å². The fourth-order valence-electron chi connectivity index (χ4n) is 3.62. The Morgan fingerprint density at radius 2 is 1.81 bits per heavy atom. The lowest BCUT2D eigenvalue weighted by Crippen LogP contribution is -2.18. The van der Waals surface area contributed by atoms with Crippen LogP contribution in [0.5, 0.6) is 0 Å². The van der Waals surface area contributed by atoms with E-state index in [1.54, 1.807) is 18.2 Å². The second-order valence-electron chi connectivity index (χ2n) is 7.05. The number of para-hydroxylation sites is 1. The lowest BCUT2D eigenvalue weighted by molar-refractivity contribution is 0.101. The first-order chi connectivity index (χ1) is 15.2.